The molecule has 0 unspecified atom stereocenters. The summed E-state index contributed by atoms with van der Waals surface area (Å²) in [6, 6.07) is 30.5. The number of para-hydroxylation sites is 1. The summed E-state index contributed by atoms with van der Waals surface area (Å²) in [6.07, 6.45) is 2.49. The van der Waals surface area contributed by atoms with Crippen molar-refractivity contribution in [3.8, 4) is 0 Å². The quantitative estimate of drug-likeness (QED) is 0.422. The highest BCUT2D eigenvalue weighted by Crippen LogP contribution is 2.32. The van der Waals surface area contributed by atoms with Gasteiger partial charge >= 0.3 is 0 Å². The Morgan fingerprint density at radius 2 is 1.15 bits per heavy atom. The van der Waals surface area contributed by atoms with E-state index in [0.717, 1.165) is 56.6 Å². The molecular formula is C29H31N5. The fraction of sp³-hybridized carbons (Fsp3) is 0.310. The zero-order valence-electron chi connectivity index (χ0n) is 19.6. The van der Waals surface area contributed by atoms with Crippen LogP contribution < -0.4 is 9.80 Å². The molecule has 0 saturated carbocycles. The third kappa shape index (κ3) is 4.12. The fourth-order valence-electron chi connectivity index (χ4n) is 5.42. The first-order valence-electron chi connectivity index (χ1n) is 12.5. The molecule has 2 fully saturated rings. The van der Waals surface area contributed by atoms with Crippen LogP contribution in [0.15, 0.2) is 84.9 Å². The van der Waals surface area contributed by atoms with Gasteiger partial charge in [-0.15, -0.1) is 0 Å². The van der Waals surface area contributed by atoms with Gasteiger partial charge in [-0.1, -0.05) is 72.8 Å². The standard InChI is InChI=1S/C29H31N5/c1-3-11-23(12-4-1)27(24-13-5-2-6-14-24)32-19-21-34(22-20-32)29-30-26-16-8-7-15-25(26)28(31-29)33-17-9-10-18-33/h1-8,11-16,27H,9-10,17-22H2. The van der Waals surface area contributed by atoms with Crippen molar-refractivity contribution in [3.05, 3.63) is 96.1 Å². The first kappa shape index (κ1) is 21.1. The number of hydrogen-bond acceptors (Lipinski definition) is 5. The molecule has 3 heterocycles. The van der Waals surface area contributed by atoms with E-state index in [2.05, 4.69) is 99.6 Å². The summed E-state index contributed by atoms with van der Waals surface area (Å²) in [5, 5.41) is 1.17. The van der Waals surface area contributed by atoms with Gasteiger partial charge in [-0.25, -0.2) is 4.98 Å². The summed E-state index contributed by atoms with van der Waals surface area (Å²) in [6.45, 7) is 5.98. The van der Waals surface area contributed by atoms with Crippen LogP contribution in [0.4, 0.5) is 11.8 Å². The Bertz CT molecular complexity index is 1190. The number of fused-ring (bicyclic) bond motifs is 1. The molecule has 0 N–H and O–H groups in total. The molecule has 2 saturated heterocycles. The van der Waals surface area contributed by atoms with Crippen LogP contribution in [0, 0.1) is 0 Å². The molecule has 0 bridgehead atoms. The molecule has 0 atom stereocenters. The van der Waals surface area contributed by atoms with Crippen LogP contribution >= 0.6 is 0 Å². The fourth-order valence-corrected chi connectivity index (χ4v) is 5.42. The van der Waals surface area contributed by atoms with E-state index in [0.29, 0.717) is 0 Å². The van der Waals surface area contributed by atoms with Crippen molar-refractivity contribution in [1.82, 2.24) is 14.9 Å². The summed E-state index contributed by atoms with van der Waals surface area (Å²) >= 11 is 0. The summed E-state index contributed by atoms with van der Waals surface area (Å²) in [5.74, 6) is 1.98. The van der Waals surface area contributed by atoms with Crippen molar-refractivity contribution in [2.45, 2.75) is 18.9 Å². The Morgan fingerprint density at radius 3 is 1.79 bits per heavy atom. The lowest BCUT2D eigenvalue weighted by atomic mass is 9.96. The van der Waals surface area contributed by atoms with Gasteiger partial charge in [0.15, 0.2) is 0 Å². The highest BCUT2D eigenvalue weighted by Gasteiger charge is 2.28. The Morgan fingerprint density at radius 1 is 0.559 bits per heavy atom. The minimum Gasteiger partial charge on any atom is -0.356 e. The zero-order chi connectivity index (χ0) is 22.7. The largest absolute Gasteiger partial charge is 0.356 e. The highest BCUT2D eigenvalue weighted by molar-refractivity contribution is 5.90. The monoisotopic (exact) mass is 449 g/mol. The van der Waals surface area contributed by atoms with Crippen molar-refractivity contribution in [2.24, 2.45) is 0 Å². The van der Waals surface area contributed by atoms with Crippen molar-refractivity contribution in [2.75, 3.05) is 49.1 Å². The molecule has 0 aliphatic carbocycles. The molecule has 5 nitrogen and oxygen atoms in total. The molecule has 5 heteroatoms. The van der Waals surface area contributed by atoms with Gasteiger partial charge in [0.1, 0.15) is 5.82 Å². The number of aromatic nitrogens is 2. The van der Waals surface area contributed by atoms with Crippen molar-refractivity contribution >= 4 is 22.7 Å². The lowest BCUT2D eigenvalue weighted by Crippen LogP contribution is -2.48. The van der Waals surface area contributed by atoms with Gasteiger partial charge in [-0.3, -0.25) is 4.90 Å². The normalized spacial score (nSPS) is 17.1. The maximum Gasteiger partial charge on any atom is 0.227 e. The summed E-state index contributed by atoms with van der Waals surface area (Å²) < 4.78 is 0. The van der Waals surface area contributed by atoms with E-state index >= 15 is 0 Å². The van der Waals surface area contributed by atoms with Crippen LogP contribution in [-0.2, 0) is 0 Å². The van der Waals surface area contributed by atoms with Gasteiger partial charge in [-0.2, -0.15) is 4.98 Å². The van der Waals surface area contributed by atoms with Gasteiger partial charge in [-0.05, 0) is 36.1 Å². The molecule has 2 aliphatic heterocycles. The highest BCUT2D eigenvalue weighted by atomic mass is 15.3. The van der Waals surface area contributed by atoms with E-state index < -0.39 is 0 Å². The van der Waals surface area contributed by atoms with Gasteiger partial charge in [0.25, 0.3) is 0 Å². The van der Waals surface area contributed by atoms with E-state index in [4.69, 9.17) is 9.97 Å². The van der Waals surface area contributed by atoms with Crippen LogP contribution in [0.3, 0.4) is 0 Å². The van der Waals surface area contributed by atoms with Crippen LogP contribution in [0.5, 0.6) is 0 Å². The van der Waals surface area contributed by atoms with Gasteiger partial charge < -0.3 is 9.80 Å². The molecule has 0 amide bonds. The average molecular weight is 450 g/mol. The topological polar surface area (TPSA) is 35.5 Å². The molecular weight excluding hydrogens is 418 g/mol. The Balaban J connectivity index is 1.27. The van der Waals surface area contributed by atoms with Crippen LogP contribution in [-0.4, -0.2) is 54.1 Å². The molecule has 0 spiro atoms. The molecule has 4 aromatic rings. The maximum absolute atomic E-state index is 5.12. The van der Waals surface area contributed by atoms with Crippen molar-refractivity contribution in [1.29, 1.82) is 0 Å². The first-order valence-corrected chi connectivity index (χ1v) is 12.5. The van der Waals surface area contributed by atoms with Crippen LogP contribution in [0.2, 0.25) is 0 Å². The summed E-state index contributed by atoms with van der Waals surface area (Å²) in [4.78, 5) is 17.5. The Hall–Kier alpha value is -3.44. The third-order valence-corrected chi connectivity index (χ3v) is 7.17. The number of piperazine rings is 1. The number of rotatable bonds is 5. The first-order chi connectivity index (χ1) is 16.9. The van der Waals surface area contributed by atoms with Gasteiger partial charge in [0, 0.05) is 44.7 Å². The summed E-state index contributed by atoms with van der Waals surface area (Å²) in [7, 11) is 0. The number of nitrogens with zero attached hydrogens (tertiary/aromatic N) is 5. The number of hydrogen-bond donors (Lipinski definition) is 0. The second-order valence-electron chi connectivity index (χ2n) is 9.31. The van der Waals surface area contributed by atoms with E-state index in [1.165, 1.54) is 29.4 Å². The minimum absolute atomic E-state index is 0.266. The zero-order valence-corrected chi connectivity index (χ0v) is 19.6. The molecule has 0 radical (unpaired) electrons. The van der Waals surface area contributed by atoms with Crippen LogP contribution in [0.25, 0.3) is 10.9 Å². The summed E-state index contributed by atoms with van der Waals surface area (Å²) in [5.41, 5.74) is 3.74. The lowest BCUT2D eigenvalue weighted by molar-refractivity contribution is 0.211. The Kier molecular flexibility index (Phi) is 5.86. The smallest absolute Gasteiger partial charge is 0.227 e. The van der Waals surface area contributed by atoms with Crippen LogP contribution in [0.1, 0.15) is 30.0 Å². The van der Waals surface area contributed by atoms with E-state index in [-0.39, 0.29) is 6.04 Å². The molecule has 1 aromatic heterocycles. The predicted octanol–water partition coefficient (Wildman–Crippen LogP) is 5.14. The van der Waals surface area contributed by atoms with Gasteiger partial charge in [0.2, 0.25) is 5.95 Å². The van der Waals surface area contributed by atoms with Crippen molar-refractivity contribution in [3.63, 3.8) is 0 Å². The van der Waals surface area contributed by atoms with Crippen molar-refractivity contribution < 1.29 is 0 Å². The third-order valence-electron chi connectivity index (χ3n) is 7.17. The predicted molar refractivity (Wildman–Crippen MR) is 139 cm³/mol. The lowest BCUT2D eigenvalue weighted by Gasteiger charge is -2.40. The molecule has 34 heavy (non-hydrogen) atoms. The second-order valence-corrected chi connectivity index (χ2v) is 9.31. The molecule has 2 aliphatic rings. The molecule has 3 aromatic carbocycles. The van der Waals surface area contributed by atoms with Gasteiger partial charge in [0.05, 0.1) is 11.6 Å². The van der Waals surface area contributed by atoms with E-state index in [1.807, 2.05) is 0 Å². The minimum atomic E-state index is 0.266. The average Bonchev–Trinajstić information content (AvgIpc) is 3.45. The SMILES string of the molecule is c1ccc(C(c2ccccc2)N2CCN(c3nc(N4CCCC4)c4ccccc4n3)CC2)cc1. The molecule has 172 valence electrons. The number of benzene rings is 3. The second kappa shape index (κ2) is 9.43. The number of anilines is 2. The Labute approximate surface area is 201 Å². The van der Waals surface area contributed by atoms with E-state index in [9.17, 15) is 0 Å². The van der Waals surface area contributed by atoms with E-state index in [1.54, 1.807) is 0 Å². The maximum atomic E-state index is 5.12. The molecule has 6 rings (SSSR count).